The summed E-state index contributed by atoms with van der Waals surface area (Å²) in [5, 5.41) is 1.27. The third-order valence-corrected chi connectivity index (χ3v) is 4.49. The molecular weight excluding hydrogens is 262 g/mol. The minimum absolute atomic E-state index is 1.02. The zero-order chi connectivity index (χ0) is 13.9. The average Bonchev–Trinajstić information content (AvgIpc) is 2.86. The Morgan fingerprint density at radius 2 is 2.05 bits per heavy atom. The first-order valence-electron chi connectivity index (χ1n) is 6.57. The molecule has 1 nitrogen and oxygen atoms in total. The summed E-state index contributed by atoms with van der Waals surface area (Å²) in [6.07, 6.45) is 7.99. The maximum Gasteiger partial charge on any atom is 0.0716 e. The Kier molecular flexibility index (Phi) is 3.48. The summed E-state index contributed by atoms with van der Waals surface area (Å²) in [5.74, 6) is 0. The number of pyridine rings is 1. The van der Waals surface area contributed by atoms with Crippen LogP contribution in [-0.4, -0.2) is 4.98 Å². The normalized spacial score (nSPS) is 11.2. The Balaban J connectivity index is 2.34. The molecule has 0 aliphatic rings. The van der Waals surface area contributed by atoms with Gasteiger partial charge in [0.2, 0.25) is 0 Å². The highest BCUT2D eigenvalue weighted by Crippen LogP contribution is 2.38. The molecular formula is C18H15NS. The van der Waals surface area contributed by atoms with E-state index in [1.165, 1.54) is 26.1 Å². The fourth-order valence-corrected chi connectivity index (χ4v) is 3.53. The second-order valence-corrected chi connectivity index (χ2v) is 5.53. The van der Waals surface area contributed by atoms with Gasteiger partial charge in [0.15, 0.2) is 0 Å². The number of allylic oxidation sites excluding steroid dienone is 1. The van der Waals surface area contributed by atoms with Gasteiger partial charge in [0.05, 0.1) is 5.69 Å². The molecule has 0 unspecified atom stereocenters. The van der Waals surface area contributed by atoms with Crippen molar-refractivity contribution in [3.63, 3.8) is 0 Å². The van der Waals surface area contributed by atoms with E-state index in [0.717, 1.165) is 5.69 Å². The lowest BCUT2D eigenvalue weighted by Crippen LogP contribution is -1.81. The molecule has 0 amide bonds. The van der Waals surface area contributed by atoms with Crippen LogP contribution in [0.25, 0.3) is 33.5 Å². The number of benzene rings is 1. The first kappa shape index (κ1) is 12.8. The van der Waals surface area contributed by atoms with Crippen molar-refractivity contribution in [2.75, 3.05) is 0 Å². The highest BCUT2D eigenvalue weighted by molar-refractivity contribution is 7.20. The summed E-state index contributed by atoms with van der Waals surface area (Å²) in [4.78, 5) is 5.68. The van der Waals surface area contributed by atoms with Crippen LogP contribution in [0.5, 0.6) is 0 Å². The van der Waals surface area contributed by atoms with Crippen molar-refractivity contribution in [2.24, 2.45) is 0 Å². The number of rotatable bonds is 3. The summed E-state index contributed by atoms with van der Waals surface area (Å²) >= 11 is 1.78. The third kappa shape index (κ3) is 2.08. The molecule has 20 heavy (non-hydrogen) atoms. The van der Waals surface area contributed by atoms with Gasteiger partial charge < -0.3 is 0 Å². The summed E-state index contributed by atoms with van der Waals surface area (Å²) in [7, 11) is 0. The molecule has 98 valence electrons. The molecule has 0 spiro atoms. The second-order valence-electron chi connectivity index (χ2n) is 4.48. The van der Waals surface area contributed by atoms with Crippen LogP contribution in [0.15, 0.2) is 55.3 Å². The second kappa shape index (κ2) is 5.43. The summed E-state index contributed by atoms with van der Waals surface area (Å²) in [6.45, 7) is 5.97. The van der Waals surface area contributed by atoms with E-state index in [-0.39, 0.29) is 0 Å². The zero-order valence-electron chi connectivity index (χ0n) is 11.3. The molecule has 0 fully saturated rings. The number of thiophene rings is 1. The Labute approximate surface area is 122 Å². The highest BCUT2D eigenvalue weighted by Gasteiger charge is 2.12. The van der Waals surface area contributed by atoms with E-state index in [1.807, 2.05) is 31.3 Å². The van der Waals surface area contributed by atoms with Crippen LogP contribution in [0.3, 0.4) is 0 Å². The lowest BCUT2D eigenvalue weighted by Gasteiger charge is -2.02. The summed E-state index contributed by atoms with van der Waals surface area (Å²) in [6, 6.07) is 12.4. The minimum atomic E-state index is 1.02. The van der Waals surface area contributed by atoms with Crippen LogP contribution in [-0.2, 0) is 0 Å². The molecule has 0 bridgehead atoms. The van der Waals surface area contributed by atoms with Gasteiger partial charge >= 0.3 is 0 Å². The van der Waals surface area contributed by atoms with Crippen molar-refractivity contribution in [2.45, 2.75) is 6.92 Å². The molecule has 3 aromatic rings. The van der Waals surface area contributed by atoms with Crippen LogP contribution in [0.2, 0.25) is 0 Å². The van der Waals surface area contributed by atoms with Gasteiger partial charge in [0, 0.05) is 26.7 Å². The molecule has 0 N–H and O–H groups in total. The van der Waals surface area contributed by atoms with Gasteiger partial charge in [-0.1, -0.05) is 49.1 Å². The molecule has 0 aliphatic heterocycles. The molecule has 0 radical (unpaired) electrons. The molecule has 3 rings (SSSR count). The Hall–Kier alpha value is -2.19. The maximum atomic E-state index is 4.47. The van der Waals surface area contributed by atoms with E-state index >= 15 is 0 Å². The van der Waals surface area contributed by atoms with Crippen molar-refractivity contribution in [1.82, 2.24) is 4.98 Å². The van der Waals surface area contributed by atoms with Crippen LogP contribution in [0, 0.1) is 0 Å². The van der Waals surface area contributed by atoms with Gasteiger partial charge in [0.25, 0.3) is 0 Å². The van der Waals surface area contributed by atoms with Crippen molar-refractivity contribution in [1.29, 1.82) is 0 Å². The number of aromatic nitrogens is 1. The summed E-state index contributed by atoms with van der Waals surface area (Å²) < 4.78 is 1.27. The van der Waals surface area contributed by atoms with Crippen LogP contribution in [0.4, 0.5) is 0 Å². The molecule has 0 aliphatic carbocycles. The van der Waals surface area contributed by atoms with E-state index in [9.17, 15) is 0 Å². The van der Waals surface area contributed by atoms with Gasteiger partial charge in [-0.3, -0.25) is 4.98 Å². The van der Waals surface area contributed by atoms with Crippen molar-refractivity contribution in [3.05, 3.63) is 65.7 Å². The number of fused-ring (bicyclic) bond motifs is 1. The smallest absolute Gasteiger partial charge is 0.0716 e. The van der Waals surface area contributed by atoms with E-state index in [0.29, 0.717) is 0 Å². The van der Waals surface area contributed by atoms with Crippen LogP contribution in [0.1, 0.15) is 17.4 Å². The topological polar surface area (TPSA) is 12.9 Å². The van der Waals surface area contributed by atoms with Crippen molar-refractivity contribution in [3.8, 4) is 11.3 Å². The van der Waals surface area contributed by atoms with Crippen molar-refractivity contribution < 1.29 is 0 Å². The summed E-state index contributed by atoms with van der Waals surface area (Å²) in [5.41, 5.74) is 3.45. The van der Waals surface area contributed by atoms with Gasteiger partial charge in [0.1, 0.15) is 0 Å². The molecule has 0 saturated heterocycles. The molecule has 2 aromatic heterocycles. The Bertz CT molecular complexity index is 782. The molecule has 2 heteroatoms. The fourth-order valence-electron chi connectivity index (χ4n) is 2.37. The SMILES string of the molecule is C=Cc1sc2c(-c3ccccn3)cccc2c1/C=C\C. The van der Waals surface area contributed by atoms with E-state index < -0.39 is 0 Å². The first-order valence-corrected chi connectivity index (χ1v) is 7.39. The third-order valence-electron chi connectivity index (χ3n) is 3.24. The largest absolute Gasteiger partial charge is 0.256 e. The lowest BCUT2D eigenvalue weighted by molar-refractivity contribution is 1.33. The van der Waals surface area contributed by atoms with Gasteiger partial charge in [-0.25, -0.2) is 0 Å². The zero-order valence-corrected chi connectivity index (χ0v) is 12.2. The Morgan fingerprint density at radius 1 is 1.15 bits per heavy atom. The maximum absolute atomic E-state index is 4.47. The fraction of sp³-hybridized carbons (Fsp3) is 0.0556. The van der Waals surface area contributed by atoms with Gasteiger partial charge in [-0.15, -0.1) is 11.3 Å². The van der Waals surface area contributed by atoms with Crippen LogP contribution < -0.4 is 0 Å². The van der Waals surface area contributed by atoms with Crippen LogP contribution >= 0.6 is 11.3 Å². The predicted molar refractivity (Wildman–Crippen MR) is 89.9 cm³/mol. The average molecular weight is 277 g/mol. The number of nitrogens with zero attached hydrogens (tertiary/aromatic N) is 1. The first-order chi connectivity index (χ1) is 9.85. The van der Waals surface area contributed by atoms with E-state index in [4.69, 9.17) is 0 Å². The molecule has 2 heterocycles. The van der Waals surface area contributed by atoms with Gasteiger partial charge in [-0.05, 0) is 24.6 Å². The van der Waals surface area contributed by atoms with E-state index in [1.54, 1.807) is 11.3 Å². The number of hydrogen-bond donors (Lipinski definition) is 0. The minimum Gasteiger partial charge on any atom is -0.256 e. The monoisotopic (exact) mass is 277 g/mol. The molecule has 0 atom stereocenters. The number of hydrogen-bond acceptors (Lipinski definition) is 2. The van der Waals surface area contributed by atoms with Gasteiger partial charge in [-0.2, -0.15) is 0 Å². The molecule has 1 aromatic carbocycles. The standard InChI is InChI=1S/C18H15NS/c1-3-8-13-14-9-7-10-15(16-11-5-6-12-19-16)18(14)20-17(13)4-2/h3-12H,2H2,1H3/b8-3-. The lowest BCUT2D eigenvalue weighted by atomic mass is 10.0. The molecule has 0 saturated carbocycles. The highest BCUT2D eigenvalue weighted by atomic mass is 32.1. The Morgan fingerprint density at radius 3 is 2.75 bits per heavy atom. The predicted octanol–water partition coefficient (Wildman–Crippen LogP) is 5.64. The van der Waals surface area contributed by atoms with Crippen molar-refractivity contribution >= 4 is 33.6 Å². The van der Waals surface area contributed by atoms with E-state index in [2.05, 4.69) is 48.0 Å². The quantitative estimate of drug-likeness (QED) is 0.603.